The standard InChI is InChI=1S/C21H24N2O7/c1-14-6-4-7-17(12-14)29-11-5-8-20(24)30-15(2)21(25)22-18-13-16(23(26)27)9-10-19(18)28-3/h4,6-7,9-10,12-13,15H,5,8,11H2,1-3H3,(H,22,25)/t15-/m1/s1. The van der Waals surface area contributed by atoms with E-state index >= 15 is 0 Å². The quantitative estimate of drug-likeness (QED) is 0.272. The number of nitrogens with one attached hydrogen (secondary N) is 1. The molecule has 0 spiro atoms. The van der Waals surface area contributed by atoms with Gasteiger partial charge in [-0.25, -0.2) is 0 Å². The molecule has 1 amide bonds. The zero-order valence-electron chi connectivity index (χ0n) is 17.0. The van der Waals surface area contributed by atoms with Crippen molar-refractivity contribution in [3.8, 4) is 11.5 Å². The second-order valence-corrected chi connectivity index (χ2v) is 6.53. The van der Waals surface area contributed by atoms with Gasteiger partial charge in [-0.1, -0.05) is 12.1 Å². The van der Waals surface area contributed by atoms with Crippen LogP contribution in [0.25, 0.3) is 0 Å². The van der Waals surface area contributed by atoms with Crippen molar-refractivity contribution in [2.24, 2.45) is 0 Å². The molecule has 0 aliphatic heterocycles. The summed E-state index contributed by atoms with van der Waals surface area (Å²) in [6.07, 6.45) is -0.567. The lowest BCUT2D eigenvalue weighted by Crippen LogP contribution is -2.30. The summed E-state index contributed by atoms with van der Waals surface area (Å²) in [4.78, 5) is 34.6. The van der Waals surface area contributed by atoms with Crippen molar-refractivity contribution in [3.63, 3.8) is 0 Å². The molecule has 2 aromatic carbocycles. The highest BCUT2D eigenvalue weighted by Crippen LogP contribution is 2.29. The van der Waals surface area contributed by atoms with Crippen molar-refractivity contribution in [1.82, 2.24) is 0 Å². The molecule has 160 valence electrons. The molecule has 0 bridgehead atoms. The number of nitrogens with zero attached hydrogens (tertiary/aromatic N) is 1. The van der Waals surface area contributed by atoms with Gasteiger partial charge in [-0.3, -0.25) is 19.7 Å². The molecule has 0 saturated carbocycles. The maximum Gasteiger partial charge on any atom is 0.306 e. The number of carbonyl (C=O) groups is 2. The van der Waals surface area contributed by atoms with Gasteiger partial charge in [0, 0.05) is 18.6 Å². The third kappa shape index (κ3) is 6.77. The summed E-state index contributed by atoms with van der Waals surface area (Å²) in [6, 6.07) is 11.4. The fraction of sp³-hybridized carbons (Fsp3) is 0.333. The number of nitro groups is 1. The van der Waals surface area contributed by atoms with Crippen molar-refractivity contribution in [1.29, 1.82) is 0 Å². The minimum Gasteiger partial charge on any atom is -0.495 e. The summed E-state index contributed by atoms with van der Waals surface area (Å²) in [7, 11) is 1.37. The topological polar surface area (TPSA) is 117 Å². The number of amides is 1. The Morgan fingerprint density at radius 1 is 1.20 bits per heavy atom. The van der Waals surface area contributed by atoms with Gasteiger partial charge in [0.1, 0.15) is 11.5 Å². The Morgan fingerprint density at radius 3 is 2.63 bits per heavy atom. The average Bonchev–Trinajstić information content (AvgIpc) is 2.71. The van der Waals surface area contributed by atoms with E-state index in [0.29, 0.717) is 13.0 Å². The third-order valence-corrected chi connectivity index (χ3v) is 4.11. The van der Waals surface area contributed by atoms with Crippen LogP contribution in [-0.4, -0.2) is 36.6 Å². The highest BCUT2D eigenvalue weighted by molar-refractivity contribution is 5.96. The van der Waals surface area contributed by atoms with Gasteiger partial charge in [-0.05, 0) is 44.0 Å². The summed E-state index contributed by atoms with van der Waals surface area (Å²) in [5, 5.41) is 13.4. The summed E-state index contributed by atoms with van der Waals surface area (Å²) < 4.78 is 15.8. The van der Waals surface area contributed by atoms with Crippen LogP contribution in [0, 0.1) is 17.0 Å². The van der Waals surface area contributed by atoms with E-state index < -0.39 is 22.9 Å². The fourth-order valence-electron chi connectivity index (χ4n) is 2.56. The Morgan fingerprint density at radius 2 is 1.97 bits per heavy atom. The van der Waals surface area contributed by atoms with Gasteiger partial charge < -0.3 is 19.5 Å². The Kier molecular flexibility index (Phi) is 8.16. The van der Waals surface area contributed by atoms with Crippen LogP contribution in [0.2, 0.25) is 0 Å². The van der Waals surface area contributed by atoms with Crippen molar-refractivity contribution in [2.75, 3.05) is 19.0 Å². The number of esters is 1. The minimum absolute atomic E-state index is 0.0869. The van der Waals surface area contributed by atoms with Crippen LogP contribution >= 0.6 is 0 Å². The maximum absolute atomic E-state index is 12.3. The van der Waals surface area contributed by atoms with Crippen molar-refractivity contribution >= 4 is 23.3 Å². The lowest BCUT2D eigenvalue weighted by Gasteiger charge is -2.15. The summed E-state index contributed by atoms with van der Waals surface area (Å²) in [5.41, 5.74) is 0.989. The van der Waals surface area contributed by atoms with Gasteiger partial charge in [0.2, 0.25) is 0 Å². The monoisotopic (exact) mass is 416 g/mol. The van der Waals surface area contributed by atoms with Crippen LogP contribution in [0.1, 0.15) is 25.3 Å². The number of hydrogen-bond acceptors (Lipinski definition) is 7. The zero-order chi connectivity index (χ0) is 22.1. The second kappa shape index (κ2) is 10.8. The van der Waals surface area contributed by atoms with Crippen LogP contribution in [0.5, 0.6) is 11.5 Å². The van der Waals surface area contributed by atoms with Crippen LogP contribution < -0.4 is 14.8 Å². The number of anilines is 1. The van der Waals surface area contributed by atoms with Gasteiger partial charge in [0.05, 0.1) is 24.3 Å². The summed E-state index contributed by atoms with van der Waals surface area (Å²) >= 11 is 0. The van der Waals surface area contributed by atoms with E-state index in [4.69, 9.17) is 14.2 Å². The first-order valence-electron chi connectivity index (χ1n) is 9.32. The van der Waals surface area contributed by atoms with Crippen molar-refractivity contribution in [3.05, 3.63) is 58.1 Å². The third-order valence-electron chi connectivity index (χ3n) is 4.11. The van der Waals surface area contributed by atoms with E-state index in [1.54, 1.807) is 0 Å². The van der Waals surface area contributed by atoms with Gasteiger partial charge in [0.25, 0.3) is 11.6 Å². The van der Waals surface area contributed by atoms with Crippen LogP contribution in [-0.2, 0) is 14.3 Å². The molecule has 30 heavy (non-hydrogen) atoms. The number of nitro benzene ring substituents is 1. The number of non-ortho nitro benzene ring substituents is 1. The second-order valence-electron chi connectivity index (χ2n) is 6.53. The molecular formula is C21H24N2O7. The van der Waals surface area contributed by atoms with E-state index in [-0.39, 0.29) is 23.5 Å². The number of aryl methyl sites for hydroxylation is 1. The van der Waals surface area contributed by atoms with Gasteiger partial charge in [-0.15, -0.1) is 0 Å². The number of hydrogen-bond donors (Lipinski definition) is 1. The molecule has 9 nitrogen and oxygen atoms in total. The number of methoxy groups -OCH3 is 1. The van der Waals surface area contributed by atoms with Gasteiger partial charge in [-0.2, -0.15) is 0 Å². The highest BCUT2D eigenvalue weighted by atomic mass is 16.6. The Bertz CT molecular complexity index is 914. The summed E-state index contributed by atoms with van der Waals surface area (Å²) in [6.45, 7) is 3.71. The van der Waals surface area contributed by atoms with E-state index in [2.05, 4.69) is 5.32 Å². The molecule has 0 aliphatic carbocycles. The molecule has 0 aliphatic rings. The first kappa shape index (κ1) is 22.7. The number of carbonyl (C=O) groups excluding carboxylic acids is 2. The Labute approximate surface area is 174 Å². The zero-order valence-corrected chi connectivity index (χ0v) is 17.0. The largest absolute Gasteiger partial charge is 0.495 e. The molecule has 0 aromatic heterocycles. The van der Waals surface area contributed by atoms with Crippen LogP contribution in [0.3, 0.4) is 0 Å². The molecule has 9 heteroatoms. The smallest absolute Gasteiger partial charge is 0.306 e. The van der Waals surface area contributed by atoms with E-state index in [1.165, 1.54) is 32.2 Å². The normalized spacial score (nSPS) is 11.3. The van der Waals surface area contributed by atoms with Crippen LogP contribution in [0.4, 0.5) is 11.4 Å². The fourth-order valence-corrected chi connectivity index (χ4v) is 2.56. The molecule has 0 heterocycles. The van der Waals surface area contributed by atoms with Crippen molar-refractivity contribution < 1.29 is 28.7 Å². The molecule has 0 fully saturated rings. The van der Waals surface area contributed by atoms with Crippen LogP contribution in [0.15, 0.2) is 42.5 Å². The molecule has 1 N–H and O–H groups in total. The Hall–Kier alpha value is -3.62. The van der Waals surface area contributed by atoms with E-state index in [0.717, 1.165) is 11.3 Å². The molecule has 0 saturated heterocycles. The lowest BCUT2D eigenvalue weighted by atomic mass is 10.2. The minimum atomic E-state index is -1.08. The molecule has 1 atom stereocenters. The van der Waals surface area contributed by atoms with E-state index in [9.17, 15) is 19.7 Å². The average molecular weight is 416 g/mol. The lowest BCUT2D eigenvalue weighted by molar-refractivity contribution is -0.384. The molecule has 0 unspecified atom stereocenters. The number of benzene rings is 2. The Balaban J connectivity index is 1.81. The molecule has 2 rings (SSSR count). The van der Waals surface area contributed by atoms with Gasteiger partial charge >= 0.3 is 5.97 Å². The van der Waals surface area contributed by atoms with Gasteiger partial charge in [0.15, 0.2) is 6.10 Å². The predicted molar refractivity (Wildman–Crippen MR) is 110 cm³/mol. The predicted octanol–water partition coefficient (Wildman–Crippen LogP) is 3.64. The first-order valence-corrected chi connectivity index (χ1v) is 9.32. The maximum atomic E-state index is 12.3. The van der Waals surface area contributed by atoms with E-state index in [1.807, 2.05) is 31.2 Å². The number of ether oxygens (including phenoxy) is 3. The SMILES string of the molecule is COc1ccc([N+](=O)[O-])cc1NC(=O)[C@@H](C)OC(=O)CCCOc1cccc(C)c1. The molecule has 0 radical (unpaired) electrons. The highest BCUT2D eigenvalue weighted by Gasteiger charge is 2.20. The summed E-state index contributed by atoms with van der Waals surface area (Å²) in [5.74, 6) is -0.197. The molecule has 2 aromatic rings. The first-order chi connectivity index (χ1) is 14.3. The number of rotatable bonds is 10. The molecular weight excluding hydrogens is 392 g/mol. The van der Waals surface area contributed by atoms with Crippen molar-refractivity contribution in [2.45, 2.75) is 32.8 Å².